The number of amides is 2. The molecule has 1 aliphatic heterocycles. The van der Waals surface area contributed by atoms with E-state index in [1.54, 1.807) is 6.20 Å². The lowest BCUT2D eigenvalue weighted by molar-refractivity contribution is -0.156. The molecule has 0 unspecified atom stereocenters. The summed E-state index contributed by atoms with van der Waals surface area (Å²) in [5, 5.41) is 12.8. The number of rotatable bonds is 3. The molecule has 13 heteroatoms. The first-order valence-electron chi connectivity index (χ1n) is 12.2. The number of alkyl halides is 4. The fourth-order valence-corrected chi connectivity index (χ4v) is 4.27. The molecule has 4 aromatic rings. The Morgan fingerprint density at radius 2 is 1.68 bits per heavy atom. The molecule has 1 aliphatic rings. The highest BCUT2D eigenvalue weighted by molar-refractivity contribution is 6.32. The van der Waals surface area contributed by atoms with Crippen molar-refractivity contribution in [2.24, 2.45) is 0 Å². The Bertz CT molecular complexity index is 1550. The summed E-state index contributed by atoms with van der Waals surface area (Å²) in [6.45, 7) is 0. The topological polar surface area (TPSA) is 108 Å². The summed E-state index contributed by atoms with van der Waals surface area (Å²) >= 11 is 12.4. The molecule has 0 atom stereocenters. The van der Waals surface area contributed by atoms with Crippen LogP contribution in [0.25, 0.3) is 0 Å². The molecule has 0 radical (unpaired) electrons. The van der Waals surface area contributed by atoms with E-state index in [0.717, 1.165) is 40.2 Å². The SMILES string of the molecule is O=C(Nc1ccccc1CCl)Nc1ccc2cc1CCc1cccc(c1)Nc1ncc(Cl)c(n1)N2.O=CC(F)(F)F. The van der Waals surface area contributed by atoms with Gasteiger partial charge in [-0.05, 0) is 65.9 Å². The maximum atomic E-state index is 12.8. The van der Waals surface area contributed by atoms with Crippen molar-refractivity contribution in [1.29, 1.82) is 0 Å². The zero-order chi connectivity index (χ0) is 29.4. The van der Waals surface area contributed by atoms with Crippen molar-refractivity contribution in [2.75, 3.05) is 21.3 Å². The lowest BCUT2D eigenvalue weighted by Gasteiger charge is -2.16. The smallest absolute Gasteiger partial charge is 0.339 e. The second-order valence-corrected chi connectivity index (χ2v) is 9.42. The van der Waals surface area contributed by atoms with Crippen LogP contribution >= 0.6 is 23.2 Å². The van der Waals surface area contributed by atoms with Crippen LogP contribution in [0, 0.1) is 0 Å². The maximum absolute atomic E-state index is 12.8. The predicted molar refractivity (Wildman–Crippen MR) is 155 cm³/mol. The third-order valence-corrected chi connectivity index (χ3v) is 6.33. The predicted octanol–water partition coefficient (Wildman–Crippen LogP) is 7.85. The number of aromatic nitrogens is 2. The van der Waals surface area contributed by atoms with Crippen LogP contribution in [0.1, 0.15) is 16.7 Å². The normalized spacial score (nSPS) is 12.0. The first-order valence-corrected chi connectivity index (χ1v) is 13.1. The summed E-state index contributed by atoms with van der Waals surface area (Å²) in [4.78, 5) is 30.3. The van der Waals surface area contributed by atoms with Gasteiger partial charge in [0.15, 0.2) is 5.82 Å². The van der Waals surface area contributed by atoms with Gasteiger partial charge >= 0.3 is 12.2 Å². The van der Waals surface area contributed by atoms with Crippen LogP contribution in [0.5, 0.6) is 0 Å². The molecule has 1 aromatic heterocycles. The van der Waals surface area contributed by atoms with E-state index in [2.05, 4.69) is 43.4 Å². The van der Waals surface area contributed by atoms with Gasteiger partial charge in [0.05, 0.1) is 6.20 Å². The van der Waals surface area contributed by atoms with Crippen LogP contribution in [0.4, 0.5) is 52.5 Å². The van der Waals surface area contributed by atoms with Crippen molar-refractivity contribution in [1.82, 2.24) is 9.97 Å². The minimum Gasteiger partial charge on any atom is -0.339 e. The number of para-hydroxylation sites is 1. The van der Waals surface area contributed by atoms with E-state index in [0.29, 0.717) is 34.8 Å². The molecule has 0 fully saturated rings. The quantitative estimate of drug-likeness (QED) is 0.140. The number of nitrogens with one attached hydrogen (secondary N) is 4. The van der Waals surface area contributed by atoms with Gasteiger partial charge in [-0.25, -0.2) is 9.78 Å². The molecule has 212 valence electrons. The molecule has 0 saturated heterocycles. The van der Waals surface area contributed by atoms with Crippen LogP contribution in [-0.2, 0) is 23.5 Å². The van der Waals surface area contributed by atoms with Gasteiger partial charge in [-0.3, -0.25) is 4.79 Å². The average Bonchev–Trinajstić information content (AvgIpc) is 2.95. The zero-order valence-corrected chi connectivity index (χ0v) is 22.7. The first-order chi connectivity index (χ1) is 19.6. The third kappa shape index (κ3) is 8.57. The zero-order valence-electron chi connectivity index (χ0n) is 21.2. The first kappa shape index (κ1) is 29.6. The van der Waals surface area contributed by atoms with E-state index in [9.17, 15) is 18.0 Å². The summed E-state index contributed by atoms with van der Waals surface area (Å²) in [6.07, 6.45) is -2.65. The molecule has 4 N–H and O–H groups in total. The lowest BCUT2D eigenvalue weighted by Crippen LogP contribution is -2.21. The number of hydrogen-bond acceptors (Lipinski definition) is 6. The molecule has 2 amide bonds. The van der Waals surface area contributed by atoms with Crippen LogP contribution in [0.15, 0.2) is 72.9 Å². The number of benzene rings is 3. The number of urea groups is 1. The van der Waals surface area contributed by atoms with Crippen molar-refractivity contribution < 1.29 is 22.8 Å². The Morgan fingerprint density at radius 3 is 2.44 bits per heavy atom. The highest BCUT2D eigenvalue weighted by Crippen LogP contribution is 2.29. The number of halogens is 5. The number of aryl methyl sites for hydroxylation is 2. The fraction of sp³-hybridized carbons (Fsp3) is 0.143. The van der Waals surface area contributed by atoms with Gasteiger partial charge in [-0.2, -0.15) is 18.2 Å². The lowest BCUT2D eigenvalue weighted by atomic mass is 10.0. The summed E-state index contributed by atoms with van der Waals surface area (Å²) in [6, 6.07) is 20.9. The Balaban J connectivity index is 0.000000585. The molecular weight excluding hydrogens is 580 g/mol. The molecule has 6 bridgehead atoms. The van der Waals surface area contributed by atoms with E-state index in [4.69, 9.17) is 28.0 Å². The molecule has 3 aromatic carbocycles. The van der Waals surface area contributed by atoms with Gasteiger partial charge in [0.25, 0.3) is 0 Å². The van der Waals surface area contributed by atoms with E-state index in [-0.39, 0.29) is 6.03 Å². The summed E-state index contributed by atoms with van der Waals surface area (Å²) in [5.74, 6) is 1.24. The number of anilines is 6. The molecule has 0 aliphatic carbocycles. The van der Waals surface area contributed by atoms with Crippen molar-refractivity contribution in [3.8, 4) is 0 Å². The van der Waals surface area contributed by atoms with Gasteiger partial charge in [0.1, 0.15) is 5.02 Å². The van der Waals surface area contributed by atoms with Gasteiger partial charge in [-0.1, -0.05) is 41.9 Å². The second-order valence-electron chi connectivity index (χ2n) is 8.74. The molecular formula is C28H23Cl2F3N6O2. The van der Waals surface area contributed by atoms with Crippen molar-refractivity contribution in [3.05, 3.63) is 94.6 Å². The van der Waals surface area contributed by atoms with Crippen molar-refractivity contribution >= 4 is 70.0 Å². The Kier molecular flexibility index (Phi) is 9.64. The Morgan fingerprint density at radius 1 is 0.951 bits per heavy atom. The van der Waals surface area contributed by atoms with Gasteiger partial charge < -0.3 is 21.3 Å². The highest BCUT2D eigenvalue weighted by atomic mass is 35.5. The van der Waals surface area contributed by atoms with Crippen LogP contribution < -0.4 is 21.3 Å². The number of fused-ring (bicyclic) bond motifs is 6. The van der Waals surface area contributed by atoms with E-state index >= 15 is 0 Å². The number of nitrogens with zero attached hydrogens (tertiary/aromatic N) is 2. The minimum atomic E-state index is -4.64. The Labute approximate surface area is 243 Å². The third-order valence-electron chi connectivity index (χ3n) is 5.77. The summed E-state index contributed by atoms with van der Waals surface area (Å²) in [7, 11) is 0. The molecule has 0 spiro atoms. The molecule has 8 nitrogen and oxygen atoms in total. The minimum absolute atomic E-state index is 0.309. The summed E-state index contributed by atoms with van der Waals surface area (Å²) in [5.41, 5.74) is 6.05. The van der Waals surface area contributed by atoms with Crippen molar-refractivity contribution in [3.63, 3.8) is 0 Å². The van der Waals surface area contributed by atoms with Gasteiger partial charge in [0, 0.05) is 28.6 Å². The Hall–Kier alpha value is -4.35. The van der Waals surface area contributed by atoms with Gasteiger partial charge in [0.2, 0.25) is 12.2 Å². The van der Waals surface area contributed by atoms with Gasteiger partial charge in [-0.15, -0.1) is 11.6 Å². The second kappa shape index (κ2) is 13.3. The largest absolute Gasteiger partial charge is 0.446 e. The molecule has 5 rings (SSSR count). The van der Waals surface area contributed by atoms with Crippen LogP contribution in [-0.4, -0.2) is 28.5 Å². The van der Waals surface area contributed by atoms with E-state index in [1.807, 2.05) is 54.6 Å². The number of carbonyl (C=O) groups is 2. The van der Waals surface area contributed by atoms with Crippen LogP contribution in [0.3, 0.4) is 0 Å². The van der Waals surface area contributed by atoms with E-state index in [1.165, 1.54) is 0 Å². The monoisotopic (exact) mass is 602 g/mol. The van der Waals surface area contributed by atoms with Crippen LogP contribution in [0.2, 0.25) is 5.02 Å². The maximum Gasteiger partial charge on any atom is 0.446 e. The molecule has 0 saturated carbocycles. The molecule has 2 heterocycles. The number of carbonyl (C=O) groups excluding carboxylic acids is 2. The highest BCUT2D eigenvalue weighted by Gasteiger charge is 2.25. The number of hydrogen-bond donors (Lipinski definition) is 4. The fourth-order valence-electron chi connectivity index (χ4n) is 3.90. The van der Waals surface area contributed by atoms with Crippen molar-refractivity contribution in [2.45, 2.75) is 24.9 Å². The standard InChI is InChI=1S/C26H22Cl2N6O.C2HF3O/c27-14-18-5-1-2-7-22(18)32-26(35)33-23-11-10-20-13-17(23)9-8-16-4-3-6-19(12-16)31-25-29-15-21(28)24(30-20)34-25;3-2(4,5)1-6/h1-7,10-13,15H,8-9,14H2,(H2,32,33,35)(H2,29,30,31,34);1H. The summed E-state index contributed by atoms with van der Waals surface area (Å²) < 4.78 is 31.2. The average molecular weight is 603 g/mol. The molecule has 41 heavy (non-hydrogen) atoms. The number of aldehydes is 1. The van der Waals surface area contributed by atoms with E-state index < -0.39 is 12.5 Å².